The second-order valence-electron chi connectivity index (χ2n) is 5.96. The van der Waals surface area contributed by atoms with Crippen LogP contribution in [0, 0.1) is 0 Å². The second-order valence-corrected chi connectivity index (χ2v) is 7.02. The molecule has 2 aromatic heterocycles. The number of carbonyl (C=O) groups excluding carboxylic acids is 1. The van der Waals surface area contributed by atoms with Crippen molar-refractivity contribution in [3.63, 3.8) is 0 Å². The normalized spacial score (nSPS) is 12.3. The second kappa shape index (κ2) is 7.93. The van der Waals surface area contributed by atoms with Gasteiger partial charge in [0.2, 0.25) is 5.91 Å². The molecule has 0 aliphatic carbocycles. The number of rotatable bonds is 5. The van der Waals surface area contributed by atoms with Crippen LogP contribution in [0.2, 0.25) is 0 Å². The molecule has 2 aromatic carbocycles. The zero-order valence-corrected chi connectivity index (χ0v) is 15.3. The Morgan fingerprint density at radius 2 is 1.74 bits per heavy atom. The first-order valence-electron chi connectivity index (χ1n) is 8.59. The molecule has 0 aliphatic rings. The summed E-state index contributed by atoms with van der Waals surface area (Å²) >= 11 is 1.56. The van der Waals surface area contributed by atoms with Crippen LogP contribution in [0.15, 0.2) is 85.1 Å². The first-order chi connectivity index (χ1) is 13.3. The smallest absolute Gasteiger partial charge is 0.244 e. The van der Waals surface area contributed by atoms with Gasteiger partial charge < -0.3 is 5.32 Å². The Hall–Kier alpha value is -3.31. The minimum Gasteiger partial charge on any atom is -0.340 e. The molecule has 0 radical (unpaired) electrons. The van der Waals surface area contributed by atoms with Crippen LogP contribution in [0.5, 0.6) is 0 Å². The molecule has 0 aliphatic heterocycles. The van der Waals surface area contributed by atoms with Crippen LogP contribution < -0.4 is 5.32 Å². The van der Waals surface area contributed by atoms with E-state index in [1.54, 1.807) is 23.6 Å². The lowest BCUT2D eigenvalue weighted by Gasteiger charge is -2.17. The third kappa shape index (κ3) is 4.10. The molecule has 0 saturated heterocycles. The van der Waals surface area contributed by atoms with Crippen LogP contribution >= 0.6 is 11.3 Å². The van der Waals surface area contributed by atoms with Gasteiger partial charge in [0.05, 0.1) is 22.0 Å². The molecule has 27 heavy (non-hydrogen) atoms. The third-order valence-corrected chi connectivity index (χ3v) is 5.09. The van der Waals surface area contributed by atoms with Crippen molar-refractivity contribution in [2.75, 3.05) is 0 Å². The quantitative estimate of drug-likeness (QED) is 0.521. The Morgan fingerprint density at radius 1 is 0.963 bits per heavy atom. The molecule has 4 rings (SSSR count). The first kappa shape index (κ1) is 17.1. The van der Waals surface area contributed by atoms with Crippen molar-refractivity contribution < 1.29 is 4.79 Å². The molecule has 5 heteroatoms. The van der Waals surface area contributed by atoms with Gasteiger partial charge in [-0.05, 0) is 35.9 Å². The molecule has 1 unspecified atom stereocenters. The highest BCUT2D eigenvalue weighted by Gasteiger charge is 2.16. The van der Waals surface area contributed by atoms with Crippen molar-refractivity contribution in [1.82, 2.24) is 15.3 Å². The molecule has 0 saturated carbocycles. The maximum Gasteiger partial charge on any atom is 0.244 e. The maximum atomic E-state index is 12.5. The van der Waals surface area contributed by atoms with E-state index in [0.717, 1.165) is 26.5 Å². The van der Waals surface area contributed by atoms with E-state index in [0.29, 0.717) is 0 Å². The van der Waals surface area contributed by atoms with Crippen molar-refractivity contribution in [1.29, 1.82) is 0 Å². The summed E-state index contributed by atoms with van der Waals surface area (Å²) < 4.78 is 1.10. The summed E-state index contributed by atoms with van der Waals surface area (Å²) in [6.07, 6.45) is 5.01. The highest BCUT2D eigenvalue weighted by atomic mass is 32.1. The lowest BCUT2D eigenvalue weighted by Crippen LogP contribution is -2.28. The molecule has 2 heterocycles. The minimum atomic E-state index is -0.306. The summed E-state index contributed by atoms with van der Waals surface area (Å²) in [6.45, 7) is 0. The highest BCUT2D eigenvalue weighted by molar-refractivity contribution is 7.19. The van der Waals surface area contributed by atoms with Gasteiger partial charge in [-0.25, -0.2) is 4.98 Å². The number of amides is 1. The largest absolute Gasteiger partial charge is 0.340 e. The fraction of sp³-hybridized carbons (Fsp3) is 0.0455. The first-order valence-corrected chi connectivity index (χ1v) is 9.41. The van der Waals surface area contributed by atoms with E-state index < -0.39 is 0 Å². The maximum absolute atomic E-state index is 12.5. The Bertz CT molecular complexity index is 1000. The lowest BCUT2D eigenvalue weighted by atomic mass is 10.0. The molecular weight excluding hydrogens is 354 g/mol. The van der Waals surface area contributed by atoms with Crippen LogP contribution in [-0.2, 0) is 4.79 Å². The molecule has 1 N–H and O–H groups in total. The van der Waals surface area contributed by atoms with E-state index >= 15 is 0 Å². The average Bonchev–Trinajstić information content (AvgIpc) is 3.15. The molecule has 0 fully saturated rings. The molecule has 0 bridgehead atoms. The van der Waals surface area contributed by atoms with Crippen LogP contribution in [0.3, 0.4) is 0 Å². The van der Waals surface area contributed by atoms with Gasteiger partial charge >= 0.3 is 0 Å². The van der Waals surface area contributed by atoms with E-state index in [4.69, 9.17) is 0 Å². The van der Waals surface area contributed by atoms with Crippen molar-refractivity contribution in [3.05, 3.63) is 101 Å². The highest BCUT2D eigenvalue weighted by Crippen LogP contribution is 2.23. The molecule has 4 aromatic rings. The van der Waals surface area contributed by atoms with Crippen LogP contribution in [0.1, 0.15) is 22.3 Å². The van der Waals surface area contributed by atoms with Gasteiger partial charge in [-0.15, -0.1) is 11.3 Å². The van der Waals surface area contributed by atoms with Crippen LogP contribution in [0.4, 0.5) is 0 Å². The van der Waals surface area contributed by atoms with Crippen molar-refractivity contribution in [2.45, 2.75) is 6.04 Å². The molecule has 1 atom stereocenters. The fourth-order valence-electron chi connectivity index (χ4n) is 2.82. The topological polar surface area (TPSA) is 54.9 Å². The summed E-state index contributed by atoms with van der Waals surface area (Å²) in [6, 6.07) is 23.1. The number of nitrogens with zero attached hydrogens (tertiary/aromatic N) is 2. The Labute approximate surface area is 161 Å². The van der Waals surface area contributed by atoms with E-state index in [-0.39, 0.29) is 11.9 Å². The summed E-state index contributed by atoms with van der Waals surface area (Å²) in [5.74, 6) is -0.186. The van der Waals surface area contributed by atoms with Gasteiger partial charge in [0.1, 0.15) is 5.01 Å². The van der Waals surface area contributed by atoms with Crippen molar-refractivity contribution in [3.8, 4) is 0 Å². The Morgan fingerprint density at radius 3 is 2.52 bits per heavy atom. The lowest BCUT2D eigenvalue weighted by molar-refractivity contribution is -0.116. The minimum absolute atomic E-state index is 0.186. The number of fused-ring (bicyclic) bond motifs is 1. The van der Waals surface area contributed by atoms with Gasteiger partial charge in [0.25, 0.3) is 0 Å². The van der Waals surface area contributed by atoms with Gasteiger partial charge in [-0.3, -0.25) is 9.78 Å². The predicted molar refractivity (Wildman–Crippen MR) is 109 cm³/mol. The van der Waals surface area contributed by atoms with Crippen molar-refractivity contribution in [2.24, 2.45) is 0 Å². The summed E-state index contributed by atoms with van der Waals surface area (Å²) in [7, 11) is 0. The molecule has 1 amide bonds. The standard InChI is InChI=1S/C22H17N3OS/c26-20(13-14-21-24-17-10-4-5-12-19(17)27-21)25-22(16-8-2-1-3-9-16)18-11-6-7-15-23-18/h1-15,22H,(H,25,26)/b14-13+. The Kier molecular flexibility index (Phi) is 5.03. The number of benzene rings is 2. The van der Waals surface area contributed by atoms with E-state index in [9.17, 15) is 4.79 Å². The van der Waals surface area contributed by atoms with Gasteiger partial charge in [0, 0.05) is 12.3 Å². The molecule has 0 spiro atoms. The van der Waals surface area contributed by atoms with E-state index in [1.165, 1.54) is 6.08 Å². The number of aromatic nitrogens is 2. The number of nitrogens with one attached hydrogen (secondary N) is 1. The van der Waals surface area contributed by atoms with Crippen molar-refractivity contribution >= 4 is 33.5 Å². The number of pyridine rings is 1. The Balaban J connectivity index is 1.54. The van der Waals surface area contributed by atoms with E-state index in [2.05, 4.69) is 15.3 Å². The third-order valence-electron chi connectivity index (χ3n) is 4.09. The monoisotopic (exact) mass is 371 g/mol. The number of carbonyl (C=O) groups is 1. The fourth-order valence-corrected chi connectivity index (χ4v) is 3.69. The molecule has 132 valence electrons. The number of para-hydroxylation sites is 1. The van der Waals surface area contributed by atoms with Crippen LogP contribution in [0.25, 0.3) is 16.3 Å². The number of hydrogen-bond donors (Lipinski definition) is 1. The SMILES string of the molecule is O=C(/C=C/c1nc2ccccc2s1)NC(c1ccccc1)c1ccccn1. The van der Waals surface area contributed by atoms with Crippen LogP contribution in [-0.4, -0.2) is 15.9 Å². The summed E-state index contributed by atoms with van der Waals surface area (Å²) in [4.78, 5) is 21.5. The molecule has 4 nitrogen and oxygen atoms in total. The number of hydrogen-bond acceptors (Lipinski definition) is 4. The molecular formula is C22H17N3OS. The predicted octanol–water partition coefficient (Wildman–Crippen LogP) is 4.61. The zero-order valence-electron chi connectivity index (χ0n) is 14.4. The van der Waals surface area contributed by atoms with Gasteiger partial charge in [0.15, 0.2) is 0 Å². The number of thiazole rings is 1. The summed E-state index contributed by atoms with van der Waals surface area (Å²) in [5, 5.41) is 3.85. The average molecular weight is 371 g/mol. The van der Waals surface area contributed by atoms with Gasteiger partial charge in [-0.1, -0.05) is 48.5 Å². The zero-order chi connectivity index (χ0) is 18.5. The summed E-state index contributed by atoms with van der Waals surface area (Å²) in [5.41, 5.74) is 2.72. The van der Waals surface area contributed by atoms with E-state index in [1.807, 2.05) is 72.8 Å². The van der Waals surface area contributed by atoms with Gasteiger partial charge in [-0.2, -0.15) is 0 Å².